The van der Waals surface area contributed by atoms with Crippen LogP contribution in [-0.4, -0.2) is 253 Å². The summed E-state index contributed by atoms with van der Waals surface area (Å²) in [7, 11) is -4.85. The number of hydrogen-bond donors (Lipinski definition) is 13. The van der Waals surface area contributed by atoms with Crippen molar-refractivity contribution in [2.75, 3.05) is 13.2 Å². The Kier molecular flexibility index (Phi) is 18.3. The minimum atomic E-state index is -4.85. The lowest BCUT2D eigenvalue weighted by Crippen LogP contribution is -2.67. The highest BCUT2D eigenvalue weighted by atomic mass is 32.3. The SMILES string of the molecule is CC(=O)[C@H]1CC[C@H]2[C@@H]3C[C@H](OC4O[C@H](C)[C@@H](O)[C@H](OC5OC[C@@H](OC6O[C@H](CO)[C@H](O)[C@H](O)[C@H]6OC6O[C@H](C)[C@H](O)[C@H](O)[C@H]6O)[C@H](O)[C@H]5OC5O[C@H](C)[C@@H](O)[C@H](O)[C@H]5O)[C@H]4O)[C@H]4C[C@@H](OS(=O)(=O)O)CC[C@]4(C)C3=CC[C@]12C. The Hall–Kier alpha value is -1.60. The number of hydrogen-bond acceptors (Lipinski definition) is 26. The Labute approximate surface area is 451 Å². The topological polar surface area (TPSA) is 416 Å². The molecule has 3 saturated carbocycles. The van der Waals surface area contributed by atoms with Crippen molar-refractivity contribution in [3.8, 4) is 0 Å². The standard InChI is InChI=1S/C50H80O27S/c1-17(52)23-7-8-24-22-14-27(26-13-21(77-78(64,65)66)9-11-50(26,6)25(22)10-12-49(23,24)5)71-46-40(63)41(32(55)20(4)70-46)74-47-42(75-44-38(61)35(58)30(53)18(2)68-44)34(57)29(16-67-47)73-48-43(37(60)33(56)28(15-51)72-48)76-45-39(62)36(59)31(54)19(3)69-45/h10,18-24,26-48,51,53-63H,7-9,11-16H2,1-6H3,(H,64,65,66)/t18-,19-,20-,21+,22+,23-,24+,26-,27+,28-,29-,30-,31+,32-,33+,34+,35+,36+,37+,38-,39-,40-,41+,42-,43-,44?,45?,46?,47?,48?,49-,50-/m1/s1. The molecule has 0 aromatic heterocycles. The first kappa shape index (κ1) is 61.0. The van der Waals surface area contributed by atoms with E-state index >= 15 is 0 Å². The zero-order chi connectivity index (χ0) is 56.8. The Morgan fingerprint density at radius 1 is 0.603 bits per heavy atom. The first-order chi connectivity index (χ1) is 36.6. The fourth-order valence-corrected chi connectivity index (χ4v) is 14.9. The van der Waals surface area contributed by atoms with Crippen LogP contribution in [0.4, 0.5) is 0 Å². The van der Waals surface area contributed by atoms with Crippen molar-refractivity contribution in [1.29, 1.82) is 0 Å². The van der Waals surface area contributed by atoms with Gasteiger partial charge in [-0.05, 0) is 101 Å². The smallest absolute Gasteiger partial charge is 0.394 e. The van der Waals surface area contributed by atoms with Gasteiger partial charge in [-0.2, -0.15) is 8.42 Å². The number of Topliss-reactive ketones (excluding diaryl/α,β-unsaturated/α-hetero) is 1. The Morgan fingerprint density at radius 2 is 1.15 bits per heavy atom. The second kappa shape index (κ2) is 23.5. The molecular formula is C50H80O27S. The first-order valence-corrected chi connectivity index (χ1v) is 28.4. The van der Waals surface area contributed by atoms with Crippen molar-refractivity contribution in [2.24, 2.45) is 34.5 Å². The van der Waals surface area contributed by atoms with Crippen LogP contribution in [0.1, 0.15) is 86.5 Å². The summed E-state index contributed by atoms with van der Waals surface area (Å²) in [6.07, 6.45) is -36.7. The van der Waals surface area contributed by atoms with Gasteiger partial charge in [0, 0.05) is 5.92 Å². The van der Waals surface area contributed by atoms with Crippen LogP contribution < -0.4 is 0 Å². The number of aliphatic hydroxyl groups is 12. The van der Waals surface area contributed by atoms with Crippen LogP contribution in [0.2, 0.25) is 0 Å². The van der Waals surface area contributed by atoms with Gasteiger partial charge < -0.3 is 109 Å². The van der Waals surface area contributed by atoms with Crippen molar-refractivity contribution < 1.29 is 131 Å². The molecular weight excluding hydrogens is 1060 g/mol. The number of allylic oxidation sites excluding steroid dienone is 2. The quantitative estimate of drug-likeness (QED) is 0.0585. The lowest BCUT2D eigenvalue weighted by molar-refractivity contribution is -0.398. The fraction of sp³-hybridized carbons (Fsp3) is 0.940. The lowest BCUT2D eigenvalue weighted by atomic mass is 9.48. The maximum atomic E-state index is 13.0. The average molecular weight is 1150 g/mol. The minimum absolute atomic E-state index is 0.0808. The predicted molar refractivity (Wildman–Crippen MR) is 257 cm³/mol. The van der Waals surface area contributed by atoms with E-state index in [4.69, 9.17) is 51.6 Å². The van der Waals surface area contributed by atoms with Crippen LogP contribution in [0.25, 0.3) is 0 Å². The van der Waals surface area contributed by atoms with E-state index in [0.717, 1.165) is 6.42 Å². The number of carbonyl (C=O) groups excluding carboxylic acids is 1. The summed E-state index contributed by atoms with van der Waals surface area (Å²) in [5.74, 6) is -0.507. The Balaban J connectivity index is 0.981. The molecule has 0 aromatic carbocycles. The number of rotatable bonds is 14. The van der Waals surface area contributed by atoms with Gasteiger partial charge in [0.25, 0.3) is 0 Å². The summed E-state index contributed by atoms with van der Waals surface area (Å²) in [5, 5.41) is 132. The molecule has 32 atom stereocenters. The van der Waals surface area contributed by atoms with Gasteiger partial charge in [-0.1, -0.05) is 25.5 Å². The molecule has 0 spiro atoms. The van der Waals surface area contributed by atoms with Gasteiger partial charge in [0.2, 0.25) is 0 Å². The van der Waals surface area contributed by atoms with E-state index in [1.54, 1.807) is 6.92 Å². The molecule has 4 aliphatic carbocycles. The molecule has 0 bridgehead atoms. The van der Waals surface area contributed by atoms with Crippen LogP contribution in [0.3, 0.4) is 0 Å². The van der Waals surface area contributed by atoms with Crippen LogP contribution in [0.5, 0.6) is 0 Å². The third kappa shape index (κ3) is 11.4. The van der Waals surface area contributed by atoms with Crippen LogP contribution in [-0.2, 0) is 66.7 Å². The summed E-state index contributed by atoms with van der Waals surface area (Å²) in [6, 6.07) is 0. The highest BCUT2D eigenvalue weighted by Gasteiger charge is 2.62. The molecule has 9 rings (SSSR count). The predicted octanol–water partition coefficient (Wildman–Crippen LogP) is -3.84. The van der Waals surface area contributed by atoms with Gasteiger partial charge in [-0.15, -0.1) is 0 Å². The van der Waals surface area contributed by atoms with Gasteiger partial charge in [-0.3, -0.25) is 9.35 Å². The second-order valence-electron chi connectivity index (χ2n) is 23.6. The molecule has 13 N–H and O–H groups in total. The van der Waals surface area contributed by atoms with Crippen molar-refractivity contribution in [3.63, 3.8) is 0 Å². The molecule has 0 aromatic rings. The third-order valence-corrected chi connectivity index (χ3v) is 19.4. The zero-order valence-corrected chi connectivity index (χ0v) is 45.0. The second-order valence-corrected chi connectivity index (χ2v) is 24.7. The summed E-state index contributed by atoms with van der Waals surface area (Å²) in [6.45, 7) is 8.55. The van der Waals surface area contributed by atoms with Gasteiger partial charge >= 0.3 is 10.4 Å². The molecule has 28 heteroatoms. The van der Waals surface area contributed by atoms with Crippen molar-refractivity contribution >= 4 is 16.2 Å². The summed E-state index contributed by atoms with van der Waals surface area (Å²) in [5.41, 5.74) is 0.245. The van der Waals surface area contributed by atoms with Crippen molar-refractivity contribution in [2.45, 2.75) is 246 Å². The molecule has 27 nitrogen and oxygen atoms in total. The molecule has 78 heavy (non-hydrogen) atoms. The monoisotopic (exact) mass is 1140 g/mol. The average Bonchev–Trinajstić information content (AvgIpc) is 3.77. The highest BCUT2D eigenvalue weighted by molar-refractivity contribution is 7.80. The third-order valence-electron chi connectivity index (χ3n) is 18.8. The number of ether oxygens (including phenoxy) is 10. The van der Waals surface area contributed by atoms with Gasteiger partial charge in [-0.25, -0.2) is 4.18 Å². The first-order valence-electron chi connectivity index (χ1n) is 27.0. The van der Waals surface area contributed by atoms with E-state index in [1.807, 2.05) is 0 Å². The zero-order valence-electron chi connectivity index (χ0n) is 44.2. The molecule has 5 heterocycles. The van der Waals surface area contributed by atoms with E-state index in [-0.39, 0.29) is 35.4 Å². The largest absolute Gasteiger partial charge is 0.397 e. The van der Waals surface area contributed by atoms with E-state index in [0.29, 0.717) is 32.1 Å². The lowest BCUT2D eigenvalue weighted by Gasteiger charge is -2.59. The highest BCUT2D eigenvalue weighted by Crippen LogP contribution is 2.66. The van der Waals surface area contributed by atoms with E-state index in [1.165, 1.54) is 26.3 Å². The van der Waals surface area contributed by atoms with Crippen molar-refractivity contribution in [1.82, 2.24) is 0 Å². The van der Waals surface area contributed by atoms with Crippen LogP contribution in [0.15, 0.2) is 11.6 Å². The molecule has 5 aliphatic heterocycles. The molecule has 8 fully saturated rings. The van der Waals surface area contributed by atoms with Crippen LogP contribution in [0, 0.1) is 34.5 Å². The Morgan fingerprint density at radius 3 is 1.73 bits per heavy atom. The van der Waals surface area contributed by atoms with Gasteiger partial charge in [0.1, 0.15) is 103 Å². The van der Waals surface area contributed by atoms with Gasteiger partial charge in [0.15, 0.2) is 31.5 Å². The molecule has 5 saturated heterocycles. The molecule has 0 radical (unpaired) electrons. The fourth-order valence-electron chi connectivity index (χ4n) is 14.4. The molecule has 0 amide bonds. The number of fused-ring (bicyclic) bond motifs is 5. The Bertz CT molecular complexity index is 2230. The summed E-state index contributed by atoms with van der Waals surface area (Å²) in [4.78, 5) is 13.0. The van der Waals surface area contributed by atoms with E-state index in [9.17, 15) is 79.0 Å². The van der Waals surface area contributed by atoms with E-state index < -0.39 is 195 Å². The van der Waals surface area contributed by atoms with Gasteiger partial charge in [0.05, 0.1) is 43.7 Å². The van der Waals surface area contributed by atoms with Crippen molar-refractivity contribution in [3.05, 3.63) is 11.6 Å². The molecule has 448 valence electrons. The maximum Gasteiger partial charge on any atom is 0.397 e. The number of carbonyl (C=O) groups is 1. The number of aliphatic hydroxyl groups excluding tert-OH is 12. The minimum Gasteiger partial charge on any atom is -0.394 e. The summed E-state index contributed by atoms with van der Waals surface area (Å²) < 4.78 is 99.6. The summed E-state index contributed by atoms with van der Waals surface area (Å²) >= 11 is 0. The normalized spacial score (nSPS) is 53.9. The van der Waals surface area contributed by atoms with Crippen LogP contribution >= 0.6 is 0 Å². The number of ketones is 1. The molecule has 5 unspecified atom stereocenters. The molecule has 9 aliphatic rings. The van der Waals surface area contributed by atoms with E-state index in [2.05, 4.69) is 19.9 Å². The maximum absolute atomic E-state index is 13.0.